The topological polar surface area (TPSA) is 63.2 Å². The lowest BCUT2D eigenvalue weighted by molar-refractivity contribution is 0.0955. The molecule has 1 N–H and O–H groups in total. The van der Waals surface area contributed by atoms with Gasteiger partial charge in [-0.1, -0.05) is 30.3 Å². The number of carbonyl (C=O) groups is 1. The monoisotopic (exact) mass is 401 g/mol. The summed E-state index contributed by atoms with van der Waals surface area (Å²) in [5.41, 5.74) is 7.55. The number of benzene rings is 3. The van der Waals surface area contributed by atoms with Gasteiger partial charge in [0.25, 0.3) is 5.91 Å². The molecule has 0 atom stereocenters. The lowest BCUT2D eigenvalue weighted by atomic mass is 10.1. The van der Waals surface area contributed by atoms with Crippen LogP contribution in [-0.2, 0) is 13.1 Å². The third-order valence-corrected chi connectivity index (χ3v) is 5.12. The predicted molar refractivity (Wildman–Crippen MR) is 117 cm³/mol. The first-order valence-corrected chi connectivity index (χ1v) is 9.65. The van der Waals surface area contributed by atoms with E-state index in [0.717, 1.165) is 24.3 Å². The van der Waals surface area contributed by atoms with E-state index in [4.69, 9.17) is 9.47 Å². The van der Waals surface area contributed by atoms with Crippen LogP contribution in [0.15, 0.2) is 71.8 Å². The molecule has 0 aliphatic carbocycles. The van der Waals surface area contributed by atoms with E-state index in [0.29, 0.717) is 17.1 Å². The van der Waals surface area contributed by atoms with E-state index in [1.807, 2.05) is 30.3 Å². The van der Waals surface area contributed by atoms with E-state index in [1.165, 1.54) is 11.1 Å². The Bertz CT molecular complexity index is 1070. The molecule has 3 aromatic rings. The molecular weight excluding hydrogens is 378 g/mol. The van der Waals surface area contributed by atoms with Crippen molar-refractivity contribution >= 4 is 17.8 Å². The maximum Gasteiger partial charge on any atom is 0.271 e. The second kappa shape index (κ2) is 8.69. The summed E-state index contributed by atoms with van der Waals surface area (Å²) in [7, 11) is 3.17. The van der Waals surface area contributed by atoms with Crippen LogP contribution in [0, 0.1) is 0 Å². The second-order valence-corrected chi connectivity index (χ2v) is 6.98. The van der Waals surface area contributed by atoms with E-state index >= 15 is 0 Å². The first kappa shape index (κ1) is 19.5. The maximum absolute atomic E-state index is 12.6. The predicted octanol–water partition coefficient (Wildman–Crippen LogP) is 3.99. The highest BCUT2D eigenvalue weighted by atomic mass is 16.5. The SMILES string of the molecule is COc1ccc(/C=N\NC(=O)c2cccc(N3Cc4ccccc4C3)c2)c(OC)c1. The first-order chi connectivity index (χ1) is 14.7. The van der Waals surface area contributed by atoms with Gasteiger partial charge in [-0.3, -0.25) is 4.79 Å². The van der Waals surface area contributed by atoms with Gasteiger partial charge >= 0.3 is 0 Å². The van der Waals surface area contributed by atoms with Crippen LogP contribution >= 0.6 is 0 Å². The number of methoxy groups -OCH3 is 2. The summed E-state index contributed by atoms with van der Waals surface area (Å²) >= 11 is 0. The molecule has 152 valence electrons. The smallest absolute Gasteiger partial charge is 0.271 e. The Hall–Kier alpha value is -3.80. The van der Waals surface area contributed by atoms with Crippen LogP contribution in [0.2, 0.25) is 0 Å². The van der Waals surface area contributed by atoms with Crippen molar-refractivity contribution < 1.29 is 14.3 Å². The van der Waals surface area contributed by atoms with Crippen LogP contribution in [0.3, 0.4) is 0 Å². The molecule has 6 heteroatoms. The summed E-state index contributed by atoms with van der Waals surface area (Å²) in [5, 5.41) is 4.08. The number of fused-ring (bicyclic) bond motifs is 1. The molecule has 1 aliphatic heterocycles. The molecule has 0 aromatic heterocycles. The van der Waals surface area contributed by atoms with Gasteiger partial charge in [0.1, 0.15) is 11.5 Å². The average molecular weight is 401 g/mol. The van der Waals surface area contributed by atoms with Gasteiger partial charge in [0.2, 0.25) is 0 Å². The molecule has 30 heavy (non-hydrogen) atoms. The second-order valence-electron chi connectivity index (χ2n) is 6.98. The van der Waals surface area contributed by atoms with Crippen molar-refractivity contribution in [3.8, 4) is 11.5 Å². The summed E-state index contributed by atoms with van der Waals surface area (Å²) < 4.78 is 10.5. The van der Waals surface area contributed by atoms with Crippen LogP contribution in [0.1, 0.15) is 27.0 Å². The lowest BCUT2D eigenvalue weighted by Gasteiger charge is -2.18. The average Bonchev–Trinajstić information content (AvgIpc) is 3.23. The Morgan fingerprint density at radius 2 is 1.73 bits per heavy atom. The van der Waals surface area contributed by atoms with Crippen LogP contribution in [-0.4, -0.2) is 26.3 Å². The van der Waals surface area contributed by atoms with Crippen molar-refractivity contribution in [2.45, 2.75) is 13.1 Å². The number of hydrogen-bond donors (Lipinski definition) is 1. The number of carbonyl (C=O) groups excluding carboxylic acids is 1. The van der Waals surface area contributed by atoms with Crippen LogP contribution < -0.4 is 19.8 Å². The minimum Gasteiger partial charge on any atom is -0.497 e. The summed E-state index contributed by atoms with van der Waals surface area (Å²) in [6.07, 6.45) is 1.55. The van der Waals surface area contributed by atoms with Crippen LogP contribution in [0.25, 0.3) is 0 Å². The van der Waals surface area contributed by atoms with E-state index in [2.05, 4.69) is 39.7 Å². The lowest BCUT2D eigenvalue weighted by Crippen LogP contribution is -2.19. The molecule has 0 radical (unpaired) electrons. The van der Waals surface area contributed by atoms with Crippen molar-refractivity contribution in [2.24, 2.45) is 5.10 Å². The quantitative estimate of drug-likeness (QED) is 0.501. The minimum absolute atomic E-state index is 0.266. The van der Waals surface area contributed by atoms with Gasteiger partial charge in [0.15, 0.2) is 0 Å². The number of amides is 1. The number of rotatable bonds is 6. The number of hydrogen-bond acceptors (Lipinski definition) is 5. The van der Waals surface area contributed by atoms with Crippen molar-refractivity contribution in [3.63, 3.8) is 0 Å². The Morgan fingerprint density at radius 1 is 0.967 bits per heavy atom. The molecule has 4 rings (SSSR count). The first-order valence-electron chi connectivity index (χ1n) is 9.65. The Morgan fingerprint density at radius 3 is 2.43 bits per heavy atom. The number of nitrogens with zero attached hydrogens (tertiary/aromatic N) is 2. The van der Waals surface area contributed by atoms with Gasteiger partial charge in [-0.15, -0.1) is 0 Å². The van der Waals surface area contributed by atoms with Crippen molar-refractivity contribution in [3.05, 3.63) is 89.0 Å². The molecule has 1 heterocycles. The fourth-order valence-electron chi connectivity index (χ4n) is 3.51. The summed E-state index contributed by atoms with van der Waals surface area (Å²) in [5.74, 6) is 1.04. The molecule has 0 saturated heterocycles. The highest BCUT2D eigenvalue weighted by molar-refractivity contribution is 5.96. The van der Waals surface area contributed by atoms with E-state index in [1.54, 1.807) is 32.6 Å². The molecule has 0 saturated carbocycles. The van der Waals surface area contributed by atoms with E-state index in [9.17, 15) is 4.79 Å². The third kappa shape index (κ3) is 4.12. The molecule has 1 amide bonds. The molecule has 6 nitrogen and oxygen atoms in total. The zero-order valence-corrected chi connectivity index (χ0v) is 17.0. The third-order valence-electron chi connectivity index (χ3n) is 5.12. The molecule has 0 unspecified atom stereocenters. The van der Waals surface area contributed by atoms with Crippen molar-refractivity contribution in [1.82, 2.24) is 5.43 Å². The molecular formula is C24H23N3O3. The Balaban J connectivity index is 1.44. The normalized spacial score (nSPS) is 12.7. The highest BCUT2D eigenvalue weighted by Gasteiger charge is 2.19. The molecule has 0 bridgehead atoms. The number of hydrazone groups is 1. The van der Waals surface area contributed by atoms with Crippen molar-refractivity contribution in [2.75, 3.05) is 19.1 Å². The van der Waals surface area contributed by atoms with Crippen LogP contribution in [0.5, 0.6) is 11.5 Å². The van der Waals surface area contributed by atoms with Crippen molar-refractivity contribution in [1.29, 1.82) is 0 Å². The van der Waals surface area contributed by atoms with Gasteiger partial charge in [-0.25, -0.2) is 5.43 Å². The van der Waals surface area contributed by atoms with Gasteiger partial charge < -0.3 is 14.4 Å². The summed E-state index contributed by atoms with van der Waals surface area (Å²) in [4.78, 5) is 14.8. The molecule has 0 fully saturated rings. The highest BCUT2D eigenvalue weighted by Crippen LogP contribution is 2.28. The number of ether oxygens (including phenoxy) is 2. The Labute approximate surface area is 175 Å². The van der Waals surface area contributed by atoms with Gasteiger partial charge in [-0.2, -0.15) is 5.10 Å². The zero-order chi connectivity index (χ0) is 20.9. The van der Waals surface area contributed by atoms with Crippen LogP contribution in [0.4, 0.5) is 5.69 Å². The van der Waals surface area contributed by atoms with Gasteiger partial charge in [0.05, 0.1) is 20.4 Å². The van der Waals surface area contributed by atoms with E-state index in [-0.39, 0.29) is 5.91 Å². The number of nitrogens with one attached hydrogen (secondary N) is 1. The maximum atomic E-state index is 12.6. The van der Waals surface area contributed by atoms with Gasteiger partial charge in [-0.05, 0) is 41.5 Å². The molecule has 3 aromatic carbocycles. The minimum atomic E-state index is -0.266. The molecule has 0 spiro atoms. The fourth-order valence-corrected chi connectivity index (χ4v) is 3.51. The Kier molecular flexibility index (Phi) is 5.66. The largest absolute Gasteiger partial charge is 0.497 e. The molecule has 1 aliphatic rings. The van der Waals surface area contributed by atoms with Gasteiger partial charge in [0, 0.05) is 36.0 Å². The summed E-state index contributed by atoms with van der Waals surface area (Å²) in [6.45, 7) is 1.69. The fraction of sp³-hybridized carbons (Fsp3) is 0.167. The standard InChI is InChI=1S/C24H23N3O3/c1-29-22-11-10-18(23(13-22)30-2)14-25-26-24(28)17-8-5-9-21(12-17)27-15-19-6-3-4-7-20(19)16-27/h3-14H,15-16H2,1-2H3,(H,26,28)/b25-14-. The zero-order valence-electron chi connectivity index (χ0n) is 17.0. The number of anilines is 1. The summed E-state index contributed by atoms with van der Waals surface area (Å²) in [6, 6.07) is 21.4. The van der Waals surface area contributed by atoms with E-state index < -0.39 is 0 Å².